The predicted octanol–water partition coefficient (Wildman–Crippen LogP) is 1.15. The van der Waals surface area contributed by atoms with Gasteiger partial charge in [-0.3, -0.25) is 9.69 Å². The molecule has 0 aromatic heterocycles. The summed E-state index contributed by atoms with van der Waals surface area (Å²) < 4.78 is 28.6. The van der Waals surface area contributed by atoms with Gasteiger partial charge in [0, 0.05) is 32.4 Å². The van der Waals surface area contributed by atoms with Crippen LogP contribution < -0.4 is 10.6 Å². The molecule has 2 saturated heterocycles. The van der Waals surface area contributed by atoms with Gasteiger partial charge in [-0.15, -0.1) is 24.8 Å². The fourth-order valence-corrected chi connectivity index (χ4v) is 5.07. The summed E-state index contributed by atoms with van der Waals surface area (Å²) in [6.07, 6.45) is 1.80. The summed E-state index contributed by atoms with van der Waals surface area (Å²) in [6, 6.07) is 8.11. The van der Waals surface area contributed by atoms with Crippen LogP contribution in [0, 0.1) is 0 Å². The van der Waals surface area contributed by atoms with Gasteiger partial charge in [-0.2, -0.15) is 0 Å². The highest BCUT2D eigenvalue weighted by Crippen LogP contribution is 2.28. The smallest absolute Gasteiger partial charge is 0.241 e. The van der Waals surface area contributed by atoms with Gasteiger partial charge in [0.2, 0.25) is 5.91 Å². The average Bonchev–Trinajstić information content (AvgIpc) is 2.68. The van der Waals surface area contributed by atoms with E-state index in [1.165, 1.54) is 11.8 Å². The lowest BCUT2D eigenvalue weighted by Gasteiger charge is -2.34. The van der Waals surface area contributed by atoms with Crippen molar-refractivity contribution in [2.45, 2.75) is 30.7 Å². The van der Waals surface area contributed by atoms with E-state index in [2.05, 4.69) is 27.7 Å². The van der Waals surface area contributed by atoms with Crippen LogP contribution in [0.2, 0.25) is 0 Å². The van der Waals surface area contributed by atoms with Crippen molar-refractivity contribution in [1.82, 2.24) is 15.5 Å². The first kappa shape index (κ1) is 26.1. The monoisotopic (exact) mass is 467 g/mol. The third-order valence-corrected chi connectivity index (χ3v) is 7.53. The molecular weight excluding hydrogens is 437 g/mol. The second-order valence-corrected chi connectivity index (χ2v) is 9.73. The zero-order valence-corrected chi connectivity index (χ0v) is 19.1. The minimum atomic E-state index is -3.48. The third kappa shape index (κ3) is 6.54. The van der Waals surface area contributed by atoms with Crippen molar-refractivity contribution >= 4 is 40.6 Å². The van der Waals surface area contributed by atoms with Crippen molar-refractivity contribution in [3.05, 3.63) is 35.4 Å². The summed E-state index contributed by atoms with van der Waals surface area (Å²) >= 11 is 0. The minimum Gasteiger partial charge on any atom is -0.379 e. The van der Waals surface area contributed by atoms with Crippen LogP contribution in [0.25, 0.3) is 0 Å². The zero-order valence-electron chi connectivity index (χ0n) is 16.7. The van der Waals surface area contributed by atoms with Gasteiger partial charge in [-0.1, -0.05) is 24.3 Å². The van der Waals surface area contributed by atoms with E-state index in [4.69, 9.17) is 4.74 Å². The minimum absolute atomic E-state index is 0. The molecule has 0 unspecified atom stereocenters. The Bertz CT molecular complexity index is 747. The second-order valence-electron chi connectivity index (χ2n) is 7.40. The average molecular weight is 468 g/mol. The van der Waals surface area contributed by atoms with E-state index in [1.54, 1.807) is 0 Å². The normalized spacial score (nSPS) is 19.5. The summed E-state index contributed by atoms with van der Waals surface area (Å²) in [6.45, 7) is 5.75. The highest BCUT2D eigenvalue weighted by molar-refractivity contribution is 7.92. The van der Waals surface area contributed by atoms with Crippen molar-refractivity contribution in [3.8, 4) is 0 Å². The number of amides is 1. The van der Waals surface area contributed by atoms with Crippen molar-refractivity contribution in [3.63, 3.8) is 0 Å². The summed E-state index contributed by atoms with van der Waals surface area (Å²) in [5, 5.41) is 5.97. The molecule has 29 heavy (non-hydrogen) atoms. The number of rotatable bonds is 6. The Labute approximate surface area is 185 Å². The number of hydrogen-bond acceptors (Lipinski definition) is 6. The lowest BCUT2D eigenvalue weighted by molar-refractivity contribution is -0.124. The molecule has 1 amide bonds. The number of hydrogen-bond donors (Lipinski definition) is 2. The molecule has 0 bridgehead atoms. The molecule has 0 atom stereocenters. The number of carbonyl (C=O) groups is 1. The quantitative estimate of drug-likeness (QED) is 0.652. The third-order valence-electron chi connectivity index (χ3n) is 5.52. The van der Waals surface area contributed by atoms with E-state index in [1.807, 2.05) is 12.1 Å². The van der Waals surface area contributed by atoms with Gasteiger partial charge in [0.25, 0.3) is 0 Å². The Hall–Kier alpha value is -0.900. The molecule has 1 aromatic carbocycles. The van der Waals surface area contributed by atoms with Crippen LogP contribution in [0.5, 0.6) is 0 Å². The summed E-state index contributed by atoms with van der Waals surface area (Å²) in [7, 11) is -3.48. The second kappa shape index (κ2) is 11.5. The van der Waals surface area contributed by atoms with Crippen LogP contribution in [0.4, 0.5) is 0 Å². The first-order valence-electron chi connectivity index (χ1n) is 9.47. The zero-order chi connectivity index (χ0) is 19.3. The fourth-order valence-electron chi connectivity index (χ4n) is 3.72. The summed E-state index contributed by atoms with van der Waals surface area (Å²) in [5.41, 5.74) is 2.18. The molecule has 1 aromatic rings. The molecule has 2 aliphatic rings. The Morgan fingerprint density at radius 2 is 1.66 bits per heavy atom. The van der Waals surface area contributed by atoms with Gasteiger partial charge >= 0.3 is 0 Å². The molecule has 2 aliphatic heterocycles. The Morgan fingerprint density at radius 3 is 2.21 bits per heavy atom. The number of piperidine rings is 1. The Balaban J connectivity index is 0.00000210. The molecule has 3 rings (SSSR count). The van der Waals surface area contributed by atoms with Crippen molar-refractivity contribution in [2.75, 3.05) is 45.6 Å². The fraction of sp³-hybridized carbons (Fsp3) is 0.632. The molecule has 2 N–H and O–H groups in total. The molecular formula is C19H31Cl2N3O4S. The van der Waals surface area contributed by atoms with Crippen LogP contribution in [-0.4, -0.2) is 69.6 Å². The van der Waals surface area contributed by atoms with Gasteiger partial charge in [-0.25, -0.2) is 8.42 Å². The van der Waals surface area contributed by atoms with E-state index in [-0.39, 0.29) is 30.7 Å². The van der Waals surface area contributed by atoms with Gasteiger partial charge in [-0.05, 0) is 37.1 Å². The van der Waals surface area contributed by atoms with Crippen LogP contribution in [0.15, 0.2) is 24.3 Å². The Kier molecular flexibility index (Phi) is 10.3. The summed E-state index contributed by atoms with van der Waals surface area (Å²) in [5.74, 6) is -0.385. The SMILES string of the molecule is CS(=O)(=O)C1(C(=O)NCc2ccc(CN3CCOCC3)cc2)CCNCC1.Cl.Cl. The van der Waals surface area contributed by atoms with Crippen LogP contribution in [-0.2, 0) is 32.5 Å². The highest BCUT2D eigenvalue weighted by Gasteiger charge is 2.48. The largest absolute Gasteiger partial charge is 0.379 e. The molecule has 0 radical (unpaired) electrons. The van der Waals surface area contributed by atoms with E-state index in [0.717, 1.165) is 38.4 Å². The number of nitrogens with one attached hydrogen (secondary N) is 2. The lowest BCUT2D eigenvalue weighted by Crippen LogP contribution is -2.57. The van der Waals surface area contributed by atoms with Crippen molar-refractivity contribution in [2.24, 2.45) is 0 Å². The Morgan fingerprint density at radius 1 is 1.10 bits per heavy atom. The molecule has 166 valence electrons. The maximum Gasteiger partial charge on any atom is 0.241 e. The van der Waals surface area contributed by atoms with E-state index in [0.29, 0.717) is 32.5 Å². The number of carbonyl (C=O) groups excluding carboxylic acids is 1. The van der Waals surface area contributed by atoms with Gasteiger partial charge in [0.15, 0.2) is 14.6 Å². The maximum absolute atomic E-state index is 12.7. The number of benzene rings is 1. The molecule has 0 aliphatic carbocycles. The molecule has 0 saturated carbocycles. The van der Waals surface area contributed by atoms with Gasteiger partial charge in [0.05, 0.1) is 13.2 Å². The van der Waals surface area contributed by atoms with Crippen LogP contribution >= 0.6 is 24.8 Å². The van der Waals surface area contributed by atoms with Crippen LogP contribution in [0.3, 0.4) is 0 Å². The summed E-state index contributed by atoms with van der Waals surface area (Å²) in [4.78, 5) is 15.1. The van der Waals surface area contributed by atoms with E-state index >= 15 is 0 Å². The van der Waals surface area contributed by atoms with E-state index < -0.39 is 14.6 Å². The maximum atomic E-state index is 12.7. The van der Waals surface area contributed by atoms with Gasteiger partial charge in [0.1, 0.15) is 0 Å². The number of morpholine rings is 1. The van der Waals surface area contributed by atoms with E-state index in [9.17, 15) is 13.2 Å². The van der Waals surface area contributed by atoms with Crippen molar-refractivity contribution in [1.29, 1.82) is 0 Å². The predicted molar refractivity (Wildman–Crippen MR) is 119 cm³/mol. The number of halogens is 2. The first-order chi connectivity index (χ1) is 12.9. The molecule has 2 heterocycles. The topological polar surface area (TPSA) is 87.7 Å². The molecule has 7 nitrogen and oxygen atoms in total. The highest BCUT2D eigenvalue weighted by atomic mass is 35.5. The molecule has 0 spiro atoms. The number of sulfone groups is 1. The molecule has 2 fully saturated rings. The lowest BCUT2D eigenvalue weighted by atomic mass is 9.95. The number of nitrogens with zero attached hydrogens (tertiary/aromatic N) is 1. The molecule has 10 heteroatoms. The van der Waals surface area contributed by atoms with Crippen LogP contribution in [0.1, 0.15) is 24.0 Å². The first-order valence-corrected chi connectivity index (χ1v) is 11.4. The van der Waals surface area contributed by atoms with Crippen molar-refractivity contribution < 1.29 is 17.9 Å². The number of ether oxygens (including phenoxy) is 1. The standard InChI is InChI=1S/C19H29N3O4S.2ClH/c1-27(24,25)19(6-8-20-9-7-19)18(23)21-14-16-2-4-17(5-3-16)15-22-10-12-26-13-11-22;;/h2-5,20H,6-15H2,1H3,(H,21,23);2*1H. The van der Waals surface area contributed by atoms with Gasteiger partial charge < -0.3 is 15.4 Å².